The Labute approximate surface area is 101 Å². The number of rotatable bonds is 1. The maximum Gasteiger partial charge on any atom is 0.411 e. The molecule has 0 aromatic rings. The van der Waals surface area contributed by atoms with Gasteiger partial charge in [-0.1, -0.05) is 0 Å². The van der Waals surface area contributed by atoms with E-state index >= 15 is 0 Å². The van der Waals surface area contributed by atoms with Gasteiger partial charge in [0, 0.05) is 6.04 Å². The quantitative estimate of drug-likeness (QED) is 0.761. The number of carboxylic acids is 1. The summed E-state index contributed by atoms with van der Waals surface area (Å²) in [6, 6.07) is -0.639. The largest absolute Gasteiger partial charge is 0.480 e. The van der Waals surface area contributed by atoms with Crippen molar-refractivity contribution in [2.45, 2.75) is 57.7 Å². The van der Waals surface area contributed by atoms with Crippen molar-refractivity contribution in [3.63, 3.8) is 0 Å². The minimum atomic E-state index is -0.914. The lowest BCUT2D eigenvalue weighted by Gasteiger charge is -2.34. The third kappa shape index (κ3) is 2.23. The molecule has 1 N–H and O–H groups in total. The molecule has 1 heterocycles. The van der Waals surface area contributed by atoms with E-state index in [1.165, 1.54) is 4.90 Å². The number of likely N-dealkylation sites (tertiary alicyclic amines) is 1. The first-order valence-electron chi connectivity index (χ1n) is 6.04. The molecule has 1 aliphatic carbocycles. The lowest BCUT2D eigenvalue weighted by molar-refractivity contribution is -0.144. The summed E-state index contributed by atoms with van der Waals surface area (Å²) in [4.78, 5) is 24.7. The van der Waals surface area contributed by atoms with Crippen molar-refractivity contribution in [1.29, 1.82) is 0 Å². The molecule has 2 aliphatic rings. The van der Waals surface area contributed by atoms with Crippen LogP contribution in [-0.2, 0) is 9.53 Å². The molecule has 17 heavy (non-hydrogen) atoms. The van der Waals surface area contributed by atoms with Gasteiger partial charge in [-0.2, -0.15) is 0 Å². The Morgan fingerprint density at radius 1 is 1.29 bits per heavy atom. The van der Waals surface area contributed by atoms with E-state index in [1.807, 2.05) is 0 Å². The van der Waals surface area contributed by atoms with E-state index in [-0.39, 0.29) is 12.0 Å². The Morgan fingerprint density at radius 3 is 2.47 bits per heavy atom. The Balaban J connectivity index is 2.14. The number of carbonyl (C=O) groups is 2. The normalized spacial score (nSPS) is 31.7. The second kappa shape index (κ2) is 3.89. The summed E-state index contributed by atoms with van der Waals surface area (Å²) < 4.78 is 5.28. The van der Waals surface area contributed by atoms with Gasteiger partial charge >= 0.3 is 12.1 Å². The first-order chi connectivity index (χ1) is 7.79. The molecule has 2 rings (SSSR count). The van der Waals surface area contributed by atoms with Crippen LogP contribution in [0, 0.1) is 5.92 Å². The summed E-state index contributed by atoms with van der Waals surface area (Å²) >= 11 is 0. The van der Waals surface area contributed by atoms with E-state index in [4.69, 9.17) is 4.74 Å². The molecule has 3 atom stereocenters. The van der Waals surface area contributed by atoms with E-state index in [0.717, 1.165) is 19.3 Å². The van der Waals surface area contributed by atoms with Crippen LogP contribution >= 0.6 is 0 Å². The summed E-state index contributed by atoms with van der Waals surface area (Å²) in [6.07, 6.45) is 2.11. The third-order valence-corrected chi connectivity index (χ3v) is 3.44. The zero-order chi connectivity index (χ0) is 12.8. The Kier molecular flexibility index (Phi) is 2.79. The monoisotopic (exact) mass is 241 g/mol. The summed E-state index contributed by atoms with van der Waals surface area (Å²) in [5, 5.41) is 9.20. The van der Waals surface area contributed by atoms with Gasteiger partial charge in [-0.25, -0.2) is 9.59 Å². The van der Waals surface area contributed by atoms with Crippen LogP contribution in [0.3, 0.4) is 0 Å². The third-order valence-electron chi connectivity index (χ3n) is 3.44. The van der Waals surface area contributed by atoms with E-state index in [9.17, 15) is 14.7 Å². The number of hydrogen-bond donors (Lipinski definition) is 1. The molecular formula is C12H19NO4. The van der Waals surface area contributed by atoms with E-state index in [1.54, 1.807) is 20.8 Å². The molecule has 5 heteroatoms. The Hall–Kier alpha value is -1.26. The lowest BCUT2D eigenvalue weighted by Crippen LogP contribution is -2.50. The highest BCUT2D eigenvalue weighted by atomic mass is 16.6. The van der Waals surface area contributed by atoms with Crippen molar-refractivity contribution < 1.29 is 19.4 Å². The van der Waals surface area contributed by atoms with Gasteiger partial charge in [0.2, 0.25) is 0 Å². The van der Waals surface area contributed by atoms with Gasteiger partial charge in [-0.15, -0.1) is 0 Å². The summed E-state index contributed by atoms with van der Waals surface area (Å²) in [5.41, 5.74) is -0.581. The van der Waals surface area contributed by atoms with Crippen molar-refractivity contribution in [2.75, 3.05) is 0 Å². The van der Waals surface area contributed by atoms with Crippen LogP contribution in [0.15, 0.2) is 0 Å². The molecule has 1 saturated carbocycles. The zero-order valence-corrected chi connectivity index (χ0v) is 10.5. The number of carboxylic acid groups (broad SMARTS) is 1. The van der Waals surface area contributed by atoms with Crippen molar-refractivity contribution in [1.82, 2.24) is 4.90 Å². The Bertz CT molecular complexity index is 347. The molecule has 2 unspecified atom stereocenters. The number of piperidine rings is 1. The van der Waals surface area contributed by atoms with Crippen LogP contribution in [0.2, 0.25) is 0 Å². The lowest BCUT2D eigenvalue weighted by atomic mass is 9.99. The van der Waals surface area contributed by atoms with Gasteiger partial charge in [0.25, 0.3) is 0 Å². The number of aliphatic carboxylic acids is 1. The van der Waals surface area contributed by atoms with Crippen LogP contribution in [0.4, 0.5) is 4.79 Å². The first kappa shape index (κ1) is 12.2. The predicted octanol–water partition coefficient (Wildman–Crippen LogP) is 1.86. The number of ether oxygens (including phenoxy) is 1. The molecule has 1 aliphatic heterocycles. The van der Waals surface area contributed by atoms with Crippen molar-refractivity contribution in [2.24, 2.45) is 5.92 Å². The highest BCUT2D eigenvalue weighted by Gasteiger charge is 2.52. The van der Waals surface area contributed by atoms with Crippen molar-refractivity contribution >= 4 is 12.1 Å². The maximum absolute atomic E-state index is 12.0. The summed E-state index contributed by atoms with van der Waals surface area (Å²) in [7, 11) is 0. The molecule has 2 bridgehead atoms. The van der Waals surface area contributed by atoms with Gasteiger partial charge in [0.05, 0.1) is 0 Å². The number of nitrogens with zero attached hydrogens (tertiary/aromatic N) is 1. The maximum atomic E-state index is 12.0. The molecule has 0 radical (unpaired) electrons. The molecule has 1 amide bonds. The van der Waals surface area contributed by atoms with Crippen LogP contribution in [0.1, 0.15) is 40.0 Å². The highest BCUT2D eigenvalue weighted by molar-refractivity contribution is 5.82. The molecule has 2 fully saturated rings. The summed E-state index contributed by atoms with van der Waals surface area (Å²) in [6.45, 7) is 5.36. The average Bonchev–Trinajstić information content (AvgIpc) is 2.72. The van der Waals surface area contributed by atoms with Gasteiger partial charge in [-0.05, 0) is 46.0 Å². The van der Waals surface area contributed by atoms with Crippen molar-refractivity contribution in [3.8, 4) is 0 Å². The van der Waals surface area contributed by atoms with Gasteiger partial charge in [0.15, 0.2) is 0 Å². The number of carbonyl (C=O) groups excluding carboxylic acids is 1. The van der Waals surface area contributed by atoms with Crippen LogP contribution in [-0.4, -0.2) is 39.8 Å². The van der Waals surface area contributed by atoms with Crippen LogP contribution in [0.5, 0.6) is 0 Å². The fourth-order valence-electron chi connectivity index (χ4n) is 2.88. The second-order valence-electron chi connectivity index (χ2n) is 5.90. The highest BCUT2D eigenvalue weighted by Crippen LogP contribution is 2.43. The molecule has 5 nitrogen and oxygen atoms in total. The van der Waals surface area contributed by atoms with E-state index < -0.39 is 23.7 Å². The fraction of sp³-hybridized carbons (Fsp3) is 0.833. The molecule has 0 aromatic carbocycles. The van der Waals surface area contributed by atoms with Gasteiger partial charge < -0.3 is 9.84 Å². The molecule has 1 saturated heterocycles. The molecule has 0 aromatic heterocycles. The molecule has 0 spiro atoms. The first-order valence-corrected chi connectivity index (χ1v) is 6.04. The topological polar surface area (TPSA) is 66.8 Å². The number of fused-ring (bicyclic) bond motifs is 2. The summed E-state index contributed by atoms with van der Waals surface area (Å²) in [5.74, 6) is -0.812. The fourth-order valence-corrected chi connectivity index (χ4v) is 2.88. The predicted molar refractivity (Wildman–Crippen MR) is 60.6 cm³/mol. The molecular weight excluding hydrogens is 222 g/mol. The minimum Gasteiger partial charge on any atom is -0.480 e. The second-order valence-corrected chi connectivity index (χ2v) is 5.90. The van der Waals surface area contributed by atoms with E-state index in [0.29, 0.717) is 0 Å². The number of hydrogen-bond acceptors (Lipinski definition) is 3. The molecule has 96 valence electrons. The van der Waals surface area contributed by atoms with Gasteiger partial charge in [0.1, 0.15) is 11.6 Å². The zero-order valence-electron chi connectivity index (χ0n) is 10.5. The van der Waals surface area contributed by atoms with Crippen LogP contribution in [0.25, 0.3) is 0 Å². The smallest absolute Gasteiger partial charge is 0.411 e. The minimum absolute atomic E-state index is 0.0518. The van der Waals surface area contributed by atoms with E-state index in [2.05, 4.69) is 0 Å². The van der Waals surface area contributed by atoms with Crippen LogP contribution < -0.4 is 0 Å². The Morgan fingerprint density at radius 2 is 1.94 bits per heavy atom. The number of amides is 1. The van der Waals surface area contributed by atoms with Crippen molar-refractivity contribution in [3.05, 3.63) is 0 Å². The standard InChI is InChI=1S/C12H19NO4/c1-12(2,3)17-11(16)13-8-5-4-7(6-8)9(13)10(14)15/h7-9H,4-6H2,1-3H3,(H,14,15)/t7?,8-,9?/m1/s1. The van der Waals surface area contributed by atoms with Gasteiger partial charge in [-0.3, -0.25) is 4.90 Å². The SMILES string of the molecule is CC(C)(C)OC(=O)N1C(C(=O)O)C2CC[C@@H]1C2. The average molecular weight is 241 g/mol.